The third-order valence-corrected chi connectivity index (χ3v) is 3.23. The van der Waals surface area contributed by atoms with Gasteiger partial charge in [0.05, 0.1) is 12.6 Å². The highest BCUT2D eigenvalue weighted by Gasteiger charge is 2.20. The molecule has 2 aromatic rings. The van der Waals surface area contributed by atoms with Gasteiger partial charge < -0.3 is 10.4 Å². The number of hydrogen-bond acceptors (Lipinski definition) is 4. The molecule has 1 unspecified atom stereocenters. The van der Waals surface area contributed by atoms with Gasteiger partial charge in [0.15, 0.2) is 5.65 Å². The highest BCUT2D eigenvalue weighted by atomic mass is 16.3. The van der Waals surface area contributed by atoms with Crippen LogP contribution in [-0.2, 0) is 11.3 Å². The Hall–Kier alpha value is -2.15. The van der Waals surface area contributed by atoms with E-state index >= 15 is 0 Å². The van der Waals surface area contributed by atoms with Crippen molar-refractivity contribution in [1.29, 1.82) is 0 Å². The van der Waals surface area contributed by atoms with E-state index in [9.17, 15) is 14.7 Å². The lowest BCUT2D eigenvalue weighted by Crippen LogP contribution is -2.42. The van der Waals surface area contributed by atoms with Crippen LogP contribution in [0, 0.1) is 5.41 Å². The van der Waals surface area contributed by atoms with Crippen LogP contribution < -0.4 is 11.0 Å². The van der Waals surface area contributed by atoms with Crippen LogP contribution in [0.25, 0.3) is 5.65 Å². The summed E-state index contributed by atoms with van der Waals surface area (Å²) in [5.74, 6) is -0.339. The second-order valence-corrected chi connectivity index (χ2v) is 6.58. The molecule has 2 rings (SSSR count). The van der Waals surface area contributed by atoms with Crippen molar-refractivity contribution in [3.63, 3.8) is 0 Å². The van der Waals surface area contributed by atoms with Crippen molar-refractivity contribution in [2.75, 3.05) is 6.61 Å². The summed E-state index contributed by atoms with van der Waals surface area (Å²) in [6.07, 6.45) is 2.25. The van der Waals surface area contributed by atoms with Crippen LogP contribution in [0.1, 0.15) is 27.2 Å². The average Bonchev–Trinajstić information content (AvgIpc) is 2.73. The summed E-state index contributed by atoms with van der Waals surface area (Å²) in [6, 6.07) is 4.87. The van der Waals surface area contributed by atoms with Crippen LogP contribution in [0.2, 0.25) is 0 Å². The number of carbonyl (C=O) groups is 1. The number of fused-ring (bicyclic) bond motifs is 1. The number of aliphatic hydroxyl groups excluding tert-OH is 1. The minimum Gasteiger partial charge on any atom is -0.394 e. The number of hydrogen-bond donors (Lipinski definition) is 2. The lowest BCUT2D eigenvalue weighted by molar-refractivity contribution is -0.123. The smallest absolute Gasteiger partial charge is 0.350 e. The second kappa shape index (κ2) is 6.31. The van der Waals surface area contributed by atoms with Crippen molar-refractivity contribution >= 4 is 11.6 Å². The molecule has 0 radical (unpaired) electrons. The highest BCUT2D eigenvalue weighted by molar-refractivity contribution is 5.76. The molecule has 0 aliphatic heterocycles. The Morgan fingerprint density at radius 2 is 2.14 bits per heavy atom. The van der Waals surface area contributed by atoms with Crippen molar-refractivity contribution in [2.45, 2.75) is 39.8 Å². The quantitative estimate of drug-likeness (QED) is 0.837. The number of nitrogens with one attached hydrogen (secondary N) is 1. The second-order valence-electron chi connectivity index (χ2n) is 6.58. The lowest BCUT2D eigenvalue weighted by atomic mass is 9.88. The molecule has 1 amide bonds. The molecule has 0 aliphatic carbocycles. The molecule has 2 N–H and O–H groups in total. The SMILES string of the molecule is CC(C)(C)CC(CO)NC(=O)Cn1nc2ccccn2c1=O. The molecule has 2 aromatic heterocycles. The molecule has 0 saturated heterocycles. The Kier molecular flexibility index (Phi) is 4.65. The molecular weight excluding hydrogens is 284 g/mol. The summed E-state index contributed by atoms with van der Waals surface area (Å²) >= 11 is 0. The molecule has 7 heteroatoms. The molecule has 1 atom stereocenters. The summed E-state index contributed by atoms with van der Waals surface area (Å²) in [5.41, 5.74) is 0.122. The van der Waals surface area contributed by atoms with Crippen LogP contribution in [0.5, 0.6) is 0 Å². The van der Waals surface area contributed by atoms with Crippen molar-refractivity contribution in [3.8, 4) is 0 Å². The normalized spacial score (nSPS) is 13.3. The van der Waals surface area contributed by atoms with Crippen LogP contribution in [-0.4, -0.2) is 37.8 Å². The third-order valence-electron chi connectivity index (χ3n) is 3.23. The van der Waals surface area contributed by atoms with E-state index in [1.165, 1.54) is 4.40 Å². The van der Waals surface area contributed by atoms with Gasteiger partial charge in [-0.2, -0.15) is 0 Å². The summed E-state index contributed by atoms with van der Waals surface area (Å²) in [6.45, 7) is 5.81. The Bertz CT molecular complexity index is 711. The van der Waals surface area contributed by atoms with E-state index in [4.69, 9.17) is 0 Å². The summed E-state index contributed by atoms with van der Waals surface area (Å²) in [5, 5.41) is 16.2. The Morgan fingerprint density at radius 3 is 2.73 bits per heavy atom. The van der Waals surface area contributed by atoms with E-state index in [1.54, 1.807) is 24.4 Å². The lowest BCUT2D eigenvalue weighted by Gasteiger charge is -2.25. The summed E-state index contributed by atoms with van der Waals surface area (Å²) < 4.78 is 2.50. The van der Waals surface area contributed by atoms with Gasteiger partial charge in [0.25, 0.3) is 0 Å². The maximum absolute atomic E-state index is 12.1. The van der Waals surface area contributed by atoms with Gasteiger partial charge >= 0.3 is 5.69 Å². The number of pyridine rings is 1. The van der Waals surface area contributed by atoms with Gasteiger partial charge in [0.1, 0.15) is 6.54 Å². The van der Waals surface area contributed by atoms with Crippen molar-refractivity contribution in [3.05, 3.63) is 34.9 Å². The molecule has 2 heterocycles. The maximum atomic E-state index is 12.1. The standard InChI is InChI=1S/C15H22N4O3/c1-15(2,3)8-11(10-20)16-13(21)9-19-14(22)18-7-5-4-6-12(18)17-19/h4-7,11,20H,8-10H2,1-3H3,(H,16,21). The van der Waals surface area contributed by atoms with Crippen LogP contribution >= 0.6 is 0 Å². The topological polar surface area (TPSA) is 88.6 Å². The van der Waals surface area contributed by atoms with Crippen molar-refractivity contribution < 1.29 is 9.90 Å². The fourth-order valence-electron chi connectivity index (χ4n) is 2.38. The minimum absolute atomic E-state index is 0.0133. The third kappa shape index (κ3) is 3.94. The Morgan fingerprint density at radius 1 is 1.41 bits per heavy atom. The van der Waals surface area contributed by atoms with Crippen LogP contribution in [0.15, 0.2) is 29.2 Å². The molecule has 0 saturated carbocycles. The first-order valence-electron chi connectivity index (χ1n) is 7.24. The summed E-state index contributed by atoms with van der Waals surface area (Å²) in [4.78, 5) is 24.1. The highest BCUT2D eigenvalue weighted by Crippen LogP contribution is 2.20. The molecule has 0 bridgehead atoms. The number of rotatable bonds is 5. The van der Waals surface area contributed by atoms with Gasteiger partial charge in [0, 0.05) is 6.20 Å². The zero-order chi connectivity index (χ0) is 16.3. The van der Waals surface area contributed by atoms with Crippen LogP contribution in [0.4, 0.5) is 0 Å². The monoisotopic (exact) mass is 306 g/mol. The fraction of sp³-hybridized carbons (Fsp3) is 0.533. The van der Waals surface area contributed by atoms with E-state index in [2.05, 4.69) is 10.4 Å². The first kappa shape index (κ1) is 16.2. The van der Waals surface area contributed by atoms with E-state index in [1.807, 2.05) is 20.8 Å². The molecule has 22 heavy (non-hydrogen) atoms. The average molecular weight is 306 g/mol. The largest absolute Gasteiger partial charge is 0.394 e. The molecule has 7 nitrogen and oxygen atoms in total. The van der Waals surface area contributed by atoms with Crippen molar-refractivity contribution in [1.82, 2.24) is 19.5 Å². The van der Waals surface area contributed by atoms with Crippen molar-refractivity contribution in [2.24, 2.45) is 5.41 Å². The molecule has 0 aliphatic rings. The number of carbonyl (C=O) groups excluding carboxylic acids is 1. The van der Waals surface area contributed by atoms with Gasteiger partial charge in [-0.3, -0.25) is 9.20 Å². The van der Waals surface area contributed by atoms with E-state index < -0.39 is 0 Å². The number of aliphatic hydroxyl groups is 1. The number of aromatic nitrogens is 3. The van der Waals surface area contributed by atoms with Gasteiger partial charge in [-0.05, 0) is 24.0 Å². The zero-order valence-electron chi connectivity index (χ0n) is 13.1. The minimum atomic E-state index is -0.359. The van der Waals surface area contributed by atoms with Gasteiger partial charge in [-0.1, -0.05) is 26.8 Å². The predicted octanol–water partition coefficient (Wildman–Crippen LogP) is 0.409. The predicted molar refractivity (Wildman–Crippen MR) is 82.5 cm³/mol. The number of amides is 1. The van der Waals surface area contributed by atoms with Gasteiger partial charge in [-0.25, -0.2) is 9.48 Å². The van der Waals surface area contributed by atoms with Gasteiger partial charge in [-0.15, -0.1) is 5.10 Å². The molecule has 0 fully saturated rings. The van der Waals surface area contributed by atoms with Crippen LogP contribution in [0.3, 0.4) is 0 Å². The molecule has 0 spiro atoms. The maximum Gasteiger partial charge on any atom is 0.350 e. The van der Waals surface area contributed by atoms with E-state index in [0.717, 1.165) is 4.68 Å². The Labute approximate surface area is 128 Å². The first-order chi connectivity index (χ1) is 10.3. The fourth-order valence-corrected chi connectivity index (χ4v) is 2.38. The zero-order valence-corrected chi connectivity index (χ0v) is 13.1. The van der Waals surface area contributed by atoms with Gasteiger partial charge in [0.2, 0.25) is 5.91 Å². The van der Waals surface area contributed by atoms with E-state index in [-0.39, 0.29) is 36.2 Å². The summed E-state index contributed by atoms with van der Waals surface area (Å²) in [7, 11) is 0. The van der Waals surface area contributed by atoms with E-state index in [0.29, 0.717) is 12.1 Å². The molecular formula is C15H22N4O3. The molecule has 0 aromatic carbocycles. The Balaban J connectivity index is 2.07. The number of nitrogens with zero attached hydrogens (tertiary/aromatic N) is 3. The first-order valence-corrected chi connectivity index (χ1v) is 7.24. The molecule has 120 valence electrons.